The Labute approximate surface area is 383 Å². The number of likely N-dealkylation sites (tertiary alicyclic amines) is 1. The third-order valence-electron chi connectivity index (χ3n) is 14.6. The summed E-state index contributed by atoms with van der Waals surface area (Å²) in [4.78, 5) is 65.8. The van der Waals surface area contributed by atoms with E-state index in [1.165, 1.54) is 11.0 Å². The molecule has 356 valence electrons. The zero-order chi connectivity index (χ0) is 46.3. The van der Waals surface area contributed by atoms with Gasteiger partial charge in [-0.1, -0.05) is 51.8 Å². The maximum absolute atomic E-state index is 14.9. The number of aromatic nitrogens is 1. The summed E-state index contributed by atoms with van der Waals surface area (Å²) in [6, 6.07) is 5.57. The van der Waals surface area contributed by atoms with E-state index in [2.05, 4.69) is 26.8 Å². The molecular formula is C48H68N6O10S. The summed E-state index contributed by atoms with van der Waals surface area (Å²) >= 11 is 0. The quantitative estimate of drug-likeness (QED) is 0.187. The van der Waals surface area contributed by atoms with Gasteiger partial charge >= 0.3 is 6.09 Å². The number of hydrogen-bond acceptors (Lipinski definition) is 12. The Bertz CT molecular complexity index is 2250. The van der Waals surface area contributed by atoms with Crippen LogP contribution in [-0.2, 0) is 40.3 Å². The summed E-state index contributed by atoms with van der Waals surface area (Å²) in [6.45, 7) is 14.2. The van der Waals surface area contributed by atoms with Crippen LogP contribution in [0, 0.1) is 17.3 Å². The summed E-state index contributed by atoms with van der Waals surface area (Å²) in [7, 11) is -2.24. The number of ether oxygens (including phenoxy) is 4. The number of nitrogens with one attached hydrogen (secondary N) is 3. The fraction of sp³-hybridized carbons (Fsp3) is 0.688. The molecule has 6 aliphatic rings. The van der Waals surface area contributed by atoms with E-state index in [4.69, 9.17) is 23.9 Å². The molecule has 5 fully saturated rings. The molecule has 2 bridgehead atoms. The van der Waals surface area contributed by atoms with Gasteiger partial charge in [-0.15, -0.1) is 6.58 Å². The number of alkyl carbamates (subject to hydrolysis) is 1. The van der Waals surface area contributed by atoms with Crippen molar-refractivity contribution in [3.8, 4) is 11.6 Å². The van der Waals surface area contributed by atoms with Crippen LogP contribution in [0.4, 0.5) is 4.79 Å². The lowest BCUT2D eigenvalue weighted by Gasteiger charge is -2.35. The molecule has 4 amide bonds. The first kappa shape index (κ1) is 47.0. The van der Waals surface area contributed by atoms with Crippen molar-refractivity contribution in [2.24, 2.45) is 17.3 Å². The molecule has 1 unspecified atom stereocenters. The Morgan fingerprint density at radius 3 is 2.51 bits per heavy atom. The van der Waals surface area contributed by atoms with Gasteiger partial charge in [0.25, 0.3) is 5.91 Å². The maximum atomic E-state index is 14.9. The van der Waals surface area contributed by atoms with Gasteiger partial charge in [-0.3, -0.25) is 19.1 Å². The van der Waals surface area contributed by atoms with E-state index in [1.807, 2.05) is 45.0 Å². The van der Waals surface area contributed by atoms with E-state index in [-0.39, 0.29) is 31.4 Å². The van der Waals surface area contributed by atoms with Gasteiger partial charge in [0, 0.05) is 44.5 Å². The molecule has 7 atom stereocenters. The highest BCUT2D eigenvalue weighted by Gasteiger charge is 2.63. The zero-order valence-electron chi connectivity index (χ0n) is 38.7. The molecule has 16 nitrogen and oxygen atoms in total. The van der Waals surface area contributed by atoms with Crippen molar-refractivity contribution in [2.75, 3.05) is 39.9 Å². The van der Waals surface area contributed by atoms with Gasteiger partial charge in [-0.25, -0.2) is 18.2 Å². The average Bonchev–Trinajstić information content (AvgIpc) is 4.23. The second-order valence-electron chi connectivity index (χ2n) is 20.6. The summed E-state index contributed by atoms with van der Waals surface area (Å²) in [5, 5.41) is 6.59. The van der Waals surface area contributed by atoms with Gasteiger partial charge in [-0.05, 0) is 94.6 Å². The molecule has 1 aromatic carbocycles. The molecule has 65 heavy (non-hydrogen) atoms. The SMILES string of the molecule is C=C[C@@H]1CC1(NC(=O)[C@@H]1C[C@@H]2CN1C(=O)[C@H](C(C)(C)C)NC(=O)O[C@@H]1C[C@H]1CCCCCc1c(nc3ccccc3c1OCCCN1CCC(OC)CC1)O2)C(=O)NS(=O)(=O)C1(C)CC1. The van der Waals surface area contributed by atoms with Crippen LogP contribution in [0.15, 0.2) is 36.9 Å². The van der Waals surface area contributed by atoms with Crippen molar-refractivity contribution in [2.45, 2.75) is 152 Å². The second kappa shape index (κ2) is 18.7. The maximum Gasteiger partial charge on any atom is 0.408 e. The van der Waals surface area contributed by atoms with Gasteiger partial charge in [0.2, 0.25) is 27.7 Å². The van der Waals surface area contributed by atoms with Crippen LogP contribution in [-0.4, -0.2) is 128 Å². The number of hydrogen-bond donors (Lipinski definition) is 3. The Kier molecular flexibility index (Phi) is 13.5. The number of piperidine rings is 1. The first-order chi connectivity index (χ1) is 30.9. The number of fused-ring (bicyclic) bond motifs is 5. The molecular weight excluding hydrogens is 853 g/mol. The molecule has 17 heteroatoms. The first-order valence-corrected chi connectivity index (χ1v) is 25.2. The number of sulfonamides is 1. The summed E-state index contributed by atoms with van der Waals surface area (Å²) in [5.41, 5.74) is -0.869. The molecule has 0 radical (unpaired) electrons. The first-order valence-electron chi connectivity index (χ1n) is 23.7. The van der Waals surface area contributed by atoms with Crippen molar-refractivity contribution in [1.82, 2.24) is 30.1 Å². The minimum Gasteiger partial charge on any atom is -0.492 e. The molecule has 1 aromatic heterocycles. The third-order valence-corrected chi connectivity index (χ3v) is 16.8. The van der Waals surface area contributed by atoms with Crippen LogP contribution in [0.25, 0.3) is 10.9 Å². The Balaban J connectivity index is 1.10. The monoisotopic (exact) mass is 920 g/mol. The summed E-state index contributed by atoms with van der Waals surface area (Å²) < 4.78 is 52.6. The Morgan fingerprint density at radius 1 is 1.06 bits per heavy atom. The lowest BCUT2D eigenvalue weighted by molar-refractivity contribution is -0.142. The molecule has 3 aliphatic heterocycles. The molecule has 2 aromatic rings. The normalized spacial score (nSPS) is 29.7. The minimum atomic E-state index is -4.02. The van der Waals surface area contributed by atoms with E-state index >= 15 is 0 Å². The van der Waals surface area contributed by atoms with Crippen molar-refractivity contribution >= 4 is 44.7 Å². The second-order valence-corrected chi connectivity index (χ2v) is 22.8. The molecule has 2 saturated heterocycles. The van der Waals surface area contributed by atoms with Crippen LogP contribution in [0.2, 0.25) is 0 Å². The number of pyridine rings is 1. The van der Waals surface area contributed by atoms with Gasteiger partial charge in [0.1, 0.15) is 35.6 Å². The standard InChI is InChI=1S/C48H68N6O10S/c1-7-31-28-48(31,44(57)52-65(59,60)47(5)20-21-47)51-41(55)37-27-33-29-54(37)43(56)40(46(2,3)4)50-45(58)64-38-26-30(38)14-9-8-10-16-35-39(34-15-11-12-17-36(34)49-42(35)63-33)62-25-13-22-53-23-18-32(61-6)19-24-53/h7,11-12,15,17,30-33,37-38,40H,1,8-10,13-14,16,18-29H2,2-6H3,(H,50,58)(H,51,55)(H,52,57)/t30-,31-,33-,37+,38-,40-,48?/m1/s1. The summed E-state index contributed by atoms with van der Waals surface area (Å²) in [6.07, 6.45) is 9.04. The van der Waals surface area contributed by atoms with E-state index in [9.17, 15) is 27.6 Å². The molecule has 3 saturated carbocycles. The molecule has 3 aliphatic carbocycles. The van der Waals surface area contributed by atoms with Crippen molar-refractivity contribution in [3.63, 3.8) is 0 Å². The van der Waals surface area contributed by atoms with Gasteiger partial charge in [0.05, 0.1) is 35.1 Å². The number of nitrogens with zero attached hydrogens (tertiary/aromatic N) is 3. The number of rotatable bonds is 12. The molecule has 0 spiro atoms. The molecule has 4 heterocycles. The van der Waals surface area contributed by atoms with E-state index in [0.717, 1.165) is 87.7 Å². The van der Waals surface area contributed by atoms with Crippen LogP contribution in [0.1, 0.15) is 110 Å². The van der Waals surface area contributed by atoms with Crippen molar-refractivity contribution in [3.05, 3.63) is 42.5 Å². The zero-order valence-corrected chi connectivity index (χ0v) is 39.5. The third kappa shape index (κ3) is 10.3. The van der Waals surface area contributed by atoms with E-state index in [1.54, 1.807) is 14.0 Å². The number of amides is 4. The van der Waals surface area contributed by atoms with Gasteiger partial charge < -0.3 is 39.4 Å². The van der Waals surface area contributed by atoms with Crippen LogP contribution in [0.5, 0.6) is 11.6 Å². The predicted molar refractivity (Wildman–Crippen MR) is 244 cm³/mol. The van der Waals surface area contributed by atoms with E-state index in [0.29, 0.717) is 43.4 Å². The topological polar surface area (TPSA) is 195 Å². The van der Waals surface area contributed by atoms with Crippen molar-refractivity contribution in [1.29, 1.82) is 0 Å². The van der Waals surface area contributed by atoms with Crippen LogP contribution < -0.4 is 24.8 Å². The number of methoxy groups -OCH3 is 1. The highest BCUT2D eigenvalue weighted by atomic mass is 32.2. The lowest BCUT2D eigenvalue weighted by atomic mass is 9.85. The highest BCUT2D eigenvalue weighted by molar-refractivity contribution is 7.91. The Morgan fingerprint density at radius 2 is 1.82 bits per heavy atom. The average molecular weight is 921 g/mol. The van der Waals surface area contributed by atoms with Gasteiger partial charge in [-0.2, -0.15) is 0 Å². The number of para-hydroxylation sites is 1. The van der Waals surface area contributed by atoms with Gasteiger partial charge in [0.15, 0.2) is 0 Å². The largest absolute Gasteiger partial charge is 0.492 e. The number of carbonyl (C=O) groups is 4. The van der Waals surface area contributed by atoms with Crippen LogP contribution in [0.3, 0.4) is 0 Å². The molecule has 3 N–H and O–H groups in total. The molecule has 8 rings (SSSR count). The summed E-state index contributed by atoms with van der Waals surface area (Å²) in [5.74, 6) is -1.21. The van der Waals surface area contributed by atoms with Crippen molar-refractivity contribution < 1.29 is 46.5 Å². The van der Waals surface area contributed by atoms with Crippen LogP contribution >= 0.6 is 0 Å². The number of carbonyl (C=O) groups excluding carboxylic acids is 4. The lowest BCUT2D eigenvalue weighted by Crippen LogP contribution is -2.60. The predicted octanol–water partition coefficient (Wildman–Crippen LogP) is 5.17. The highest BCUT2D eigenvalue weighted by Crippen LogP contribution is 2.47. The fourth-order valence-corrected chi connectivity index (χ4v) is 11.1. The minimum absolute atomic E-state index is 0.0271. The Hall–Kier alpha value is -4.48. The van der Waals surface area contributed by atoms with E-state index < -0.39 is 73.6 Å². The fourth-order valence-electron chi connectivity index (χ4n) is 9.82. The number of benzene rings is 1. The smallest absolute Gasteiger partial charge is 0.408 e.